The maximum Gasteiger partial charge on any atom is 0.301 e. The molecule has 2 rings (SSSR count). The lowest BCUT2D eigenvalue weighted by molar-refractivity contribution is 0.223. The van der Waals surface area contributed by atoms with Gasteiger partial charge in [-0.15, -0.1) is 0 Å². The minimum atomic E-state index is -3.45. The Hall–Kier alpha value is -1.08. The topological polar surface area (TPSA) is 78.1 Å². The summed E-state index contributed by atoms with van der Waals surface area (Å²) in [5, 5.41) is 6.29. The molecule has 0 aliphatic carbocycles. The first-order chi connectivity index (χ1) is 7.97. The van der Waals surface area contributed by atoms with Crippen LogP contribution in [0.2, 0.25) is 0 Å². The third-order valence-corrected chi connectivity index (χ3v) is 4.39. The van der Waals surface area contributed by atoms with Crippen LogP contribution in [0.3, 0.4) is 0 Å². The number of anilines is 1. The second kappa shape index (κ2) is 4.66. The molecule has 0 spiro atoms. The zero-order valence-corrected chi connectivity index (χ0v) is 10.9. The number of H-pyrrole nitrogens is 1. The third-order valence-electron chi connectivity index (χ3n) is 2.92. The average Bonchev–Trinajstić information content (AvgIpc) is 2.68. The average molecular weight is 258 g/mol. The van der Waals surface area contributed by atoms with E-state index in [1.54, 1.807) is 0 Å². The molecule has 0 amide bonds. The molecule has 1 aromatic rings. The molecule has 0 bridgehead atoms. The molecule has 1 fully saturated rings. The number of hydrogen-bond acceptors (Lipinski definition) is 3. The van der Waals surface area contributed by atoms with Crippen LogP contribution in [-0.2, 0) is 10.2 Å². The lowest BCUT2D eigenvalue weighted by Gasteiger charge is -2.33. The molecule has 0 saturated carbocycles. The Morgan fingerprint density at radius 3 is 2.59 bits per heavy atom. The molecule has 1 saturated heterocycles. The summed E-state index contributed by atoms with van der Waals surface area (Å²) in [6.07, 6.45) is 4.06. The van der Waals surface area contributed by atoms with Crippen LogP contribution in [0.4, 0.5) is 5.69 Å². The lowest BCUT2D eigenvalue weighted by Crippen LogP contribution is -2.45. The van der Waals surface area contributed by atoms with E-state index in [0.717, 1.165) is 6.42 Å². The van der Waals surface area contributed by atoms with E-state index in [1.165, 1.54) is 16.7 Å². The van der Waals surface area contributed by atoms with Gasteiger partial charge in [-0.3, -0.25) is 9.82 Å². The zero-order chi connectivity index (χ0) is 12.5. The summed E-state index contributed by atoms with van der Waals surface area (Å²) in [5.74, 6) is 0.805. The third kappa shape index (κ3) is 2.98. The molecule has 1 aliphatic heterocycles. The van der Waals surface area contributed by atoms with Gasteiger partial charge < -0.3 is 0 Å². The molecule has 2 atom stereocenters. The summed E-state index contributed by atoms with van der Waals surface area (Å²) in [4.78, 5) is 0. The lowest BCUT2D eigenvalue weighted by atomic mass is 9.94. The van der Waals surface area contributed by atoms with Gasteiger partial charge >= 0.3 is 10.2 Å². The molecule has 7 heteroatoms. The van der Waals surface area contributed by atoms with E-state index in [4.69, 9.17) is 0 Å². The van der Waals surface area contributed by atoms with Crippen LogP contribution >= 0.6 is 0 Å². The predicted octanol–water partition coefficient (Wildman–Crippen LogP) is 1.04. The largest absolute Gasteiger partial charge is 0.301 e. The minimum Gasteiger partial charge on any atom is -0.284 e. The van der Waals surface area contributed by atoms with Crippen molar-refractivity contribution in [2.45, 2.75) is 20.3 Å². The van der Waals surface area contributed by atoms with Crippen LogP contribution in [0.5, 0.6) is 0 Å². The number of rotatable bonds is 3. The van der Waals surface area contributed by atoms with Gasteiger partial charge in [-0.05, 0) is 18.3 Å². The molecule has 0 radical (unpaired) electrons. The van der Waals surface area contributed by atoms with Crippen LogP contribution in [0.25, 0.3) is 0 Å². The van der Waals surface area contributed by atoms with Crippen molar-refractivity contribution in [2.24, 2.45) is 11.8 Å². The highest BCUT2D eigenvalue weighted by molar-refractivity contribution is 7.90. The summed E-state index contributed by atoms with van der Waals surface area (Å²) in [6, 6.07) is 0. The van der Waals surface area contributed by atoms with Crippen LogP contribution in [0.15, 0.2) is 12.4 Å². The van der Waals surface area contributed by atoms with Crippen molar-refractivity contribution in [2.75, 3.05) is 17.8 Å². The molecule has 0 aromatic carbocycles. The molecular formula is C10H18N4O2S. The highest BCUT2D eigenvalue weighted by Crippen LogP contribution is 2.23. The fourth-order valence-electron chi connectivity index (χ4n) is 2.32. The van der Waals surface area contributed by atoms with E-state index >= 15 is 0 Å². The van der Waals surface area contributed by atoms with Crippen LogP contribution in [-0.4, -0.2) is 36.0 Å². The molecule has 1 aromatic heterocycles. The molecule has 2 unspecified atom stereocenters. The second-order valence-electron chi connectivity index (χ2n) is 4.86. The van der Waals surface area contributed by atoms with Crippen molar-refractivity contribution < 1.29 is 8.42 Å². The Morgan fingerprint density at radius 1 is 1.41 bits per heavy atom. The quantitative estimate of drug-likeness (QED) is 0.850. The summed E-state index contributed by atoms with van der Waals surface area (Å²) < 4.78 is 28.3. The number of hydrogen-bond donors (Lipinski definition) is 2. The van der Waals surface area contributed by atoms with Gasteiger partial charge in [-0.2, -0.15) is 17.8 Å². The van der Waals surface area contributed by atoms with Gasteiger partial charge in [0.2, 0.25) is 0 Å². The Labute approximate surface area is 102 Å². The maximum atomic E-state index is 12.1. The van der Waals surface area contributed by atoms with Crippen molar-refractivity contribution in [3.8, 4) is 0 Å². The number of aromatic nitrogens is 2. The standard InChI is InChI=1S/C10H18N4O2S/c1-8-3-9(2)7-14(6-8)17(15,16)13-10-4-11-12-5-10/h4-5,8-9,13H,3,6-7H2,1-2H3,(H,11,12). The predicted molar refractivity (Wildman–Crippen MR) is 65.6 cm³/mol. The minimum absolute atomic E-state index is 0.402. The highest BCUT2D eigenvalue weighted by atomic mass is 32.2. The van der Waals surface area contributed by atoms with Gasteiger partial charge in [0.1, 0.15) is 0 Å². The second-order valence-corrected chi connectivity index (χ2v) is 6.53. The number of nitrogens with zero attached hydrogens (tertiary/aromatic N) is 2. The number of aromatic amines is 1. The fourth-order valence-corrected chi connectivity index (χ4v) is 3.76. The van der Waals surface area contributed by atoms with E-state index < -0.39 is 10.2 Å². The van der Waals surface area contributed by atoms with Gasteiger partial charge in [0, 0.05) is 19.3 Å². The smallest absolute Gasteiger partial charge is 0.284 e. The molecule has 2 N–H and O–H groups in total. The monoisotopic (exact) mass is 258 g/mol. The Kier molecular flexibility index (Phi) is 3.39. The Balaban J connectivity index is 2.09. The van der Waals surface area contributed by atoms with Gasteiger partial charge in [0.25, 0.3) is 0 Å². The molecule has 96 valence electrons. The Bertz CT molecular complexity index is 447. The van der Waals surface area contributed by atoms with Crippen LogP contribution < -0.4 is 4.72 Å². The summed E-state index contributed by atoms with van der Waals surface area (Å²) >= 11 is 0. The maximum absolute atomic E-state index is 12.1. The normalized spacial score (nSPS) is 26.9. The van der Waals surface area contributed by atoms with Crippen LogP contribution in [0.1, 0.15) is 20.3 Å². The van der Waals surface area contributed by atoms with E-state index in [2.05, 4.69) is 28.8 Å². The molecule has 17 heavy (non-hydrogen) atoms. The summed E-state index contributed by atoms with van der Waals surface area (Å²) in [5.41, 5.74) is 0.468. The van der Waals surface area contributed by atoms with E-state index in [1.807, 2.05) is 0 Å². The van der Waals surface area contributed by atoms with E-state index in [-0.39, 0.29) is 0 Å². The zero-order valence-electron chi connectivity index (χ0n) is 10.0. The fraction of sp³-hybridized carbons (Fsp3) is 0.700. The Morgan fingerprint density at radius 2 is 2.06 bits per heavy atom. The van der Waals surface area contributed by atoms with Crippen molar-refractivity contribution >= 4 is 15.9 Å². The number of piperidine rings is 1. The van der Waals surface area contributed by atoms with E-state index in [9.17, 15) is 8.42 Å². The first-order valence-electron chi connectivity index (χ1n) is 5.74. The summed E-state index contributed by atoms with van der Waals surface area (Å²) in [7, 11) is -3.45. The van der Waals surface area contributed by atoms with Gasteiger partial charge in [-0.25, -0.2) is 0 Å². The van der Waals surface area contributed by atoms with Gasteiger partial charge in [0.05, 0.1) is 11.9 Å². The van der Waals surface area contributed by atoms with Crippen molar-refractivity contribution in [1.82, 2.24) is 14.5 Å². The molecule has 2 heterocycles. The van der Waals surface area contributed by atoms with Crippen molar-refractivity contribution in [3.05, 3.63) is 12.4 Å². The van der Waals surface area contributed by atoms with Crippen molar-refractivity contribution in [1.29, 1.82) is 0 Å². The highest BCUT2D eigenvalue weighted by Gasteiger charge is 2.30. The first kappa shape index (κ1) is 12.4. The molecule has 6 nitrogen and oxygen atoms in total. The van der Waals surface area contributed by atoms with Crippen LogP contribution in [0, 0.1) is 11.8 Å². The van der Waals surface area contributed by atoms with Crippen molar-refractivity contribution in [3.63, 3.8) is 0 Å². The first-order valence-corrected chi connectivity index (χ1v) is 7.18. The number of nitrogens with one attached hydrogen (secondary N) is 2. The SMILES string of the molecule is CC1CC(C)CN(S(=O)(=O)Nc2cn[nH]c2)C1. The summed E-state index contributed by atoms with van der Waals surface area (Å²) in [6.45, 7) is 5.32. The van der Waals surface area contributed by atoms with Gasteiger partial charge in [-0.1, -0.05) is 13.8 Å². The molecule has 1 aliphatic rings. The van der Waals surface area contributed by atoms with Gasteiger partial charge in [0.15, 0.2) is 0 Å². The van der Waals surface area contributed by atoms with E-state index in [0.29, 0.717) is 30.6 Å². The molecular weight excluding hydrogens is 240 g/mol.